The molecule has 1 unspecified atom stereocenters. The van der Waals surface area contributed by atoms with Gasteiger partial charge in [0.1, 0.15) is 5.75 Å². The number of benzene rings is 1. The summed E-state index contributed by atoms with van der Waals surface area (Å²) in [6, 6.07) is 8.11. The lowest BCUT2D eigenvalue weighted by Gasteiger charge is -2.23. The van der Waals surface area contributed by atoms with Crippen LogP contribution in [-0.2, 0) is 4.79 Å². The molecule has 4 nitrogen and oxygen atoms in total. The number of hydrogen-bond acceptors (Lipinski definition) is 3. The van der Waals surface area contributed by atoms with Gasteiger partial charge in [-0.25, -0.2) is 0 Å². The van der Waals surface area contributed by atoms with Crippen molar-refractivity contribution in [2.45, 2.75) is 38.6 Å². The summed E-state index contributed by atoms with van der Waals surface area (Å²) in [6.45, 7) is 3.34. The van der Waals surface area contributed by atoms with Gasteiger partial charge in [-0.05, 0) is 37.9 Å². The van der Waals surface area contributed by atoms with Crippen molar-refractivity contribution in [3.05, 3.63) is 24.3 Å². The van der Waals surface area contributed by atoms with Crippen molar-refractivity contribution in [1.29, 1.82) is 0 Å². The van der Waals surface area contributed by atoms with Crippen LogP contribution in [0.15, 0.2) is 24.3 Å². The first-order chi connectivity index (χ1) is 9.24. The average Bonchev–Trinajstić information content (AvgIpc) is 2.40. The summed E-state index contributed by atoms with van der Waals surface area (Å²) in [5, 5.41) is 6.26. The zero-order chi connectivity index (χ0) is 13.5. The molecule has 0 bridgehead atoms. The summed E-state index contributed by atoms with van der Waals surface area (Å²) in [5.41, 5.74) is 0.779. The molecule has 0 saturated carbocycles. The van der Waals surface area contributed by atoms with Crippen molar-refractivity contribution in [2.24, 2.45) is 0 Å². The van der Waals surface area contributed by atoms with Crippen LogP contribution in [0.5, 0.6) is 5.75 Å². The van der Waals surface area contributed by atoms with Crippen LogP contribution >= 0.6 is 12.4 Å². The van der Waals surface area contributed by atoms with Crippen molar-refractivity contribution >= 4 is 24.0 Å². The van der Waals surface area contributed by atoms with E-state index in [9.17, 15) is 4.79 Å². The molecule has 20 heavy (non-hydrogen) atoms. The molecule has 112 valence electrons. The third-order valence-electron chi connectivity index (χ3n) is 3.30. The first kappa shape index (κ1) is 16.8. The summed E-state index contributed by atoms with van der Waals surface area (Å²) in [4.78, 5) is 11.0. The van der Waals surface area contributed by atoms with Gasteiger partial charge < -0.3 is 15.4 Å². The number of nitrogens with one attached hydrogen (secondary N) is 2. The second-order valence-electron chi connectivity index (χ2n) is 4.99. The lowest BCUT2D eigenvalue weighted by Crippen LogP contribution is -2.35. The van der Waals surface area contributed by atoms with Crippen molar-refractivity contribution < 1.29 is 9.53 Å². The molecule has 1 fully saturated rings. The van der Waals surface area contributed by atoms with Gasteiger partial charge in [-0.1, -0.05) is 12.5 Å². The van der Waals surface area contributed by atoms with Crippen molar-refractivity contribution in [2.75, 3.05) is 18.5 Å². The van der Waals surface area contributed by atoms with Crippen LogP contribution in [0, 0.1) is 0 Å². The maximum atomic E-state index is 11.0. The van der Waals surface area contributed by atoms with Gasteiger partial charge in [-0.2, -0.15) is 0 Å². The van der Waals surface area contributed by atoms with E-state index in [1.807, 2.05) is 24.3 Å². The normalized spacial score (nSPS) is 17.9. The molecular formula is C15H23ClN2O2. The third kappa shape index (κ3) is 5.80. The van der Waals surface area contributed by atoms with E-state index < -0.39 is 0 Å². The van der Waals surface area contributed by atoms with Gasteiger partial charge >= 0.3 is 0 Å². The van der Waals surface area contributed by atoms with Crippen LogP contribution in [0.4, 0.5) is 5.69 Å². The van der Waals surface area contributed by atoms with E-state index in [0.29, 0.717) is 12.6 Å². The highest BCUT2D eigenvalue weighted by Gasteiger charge is 2.12. The van der Waals surface area contributed by atoms with Crippen LogP contribution in [0.2, 0.25) is 0 Å². The number of anilines is 1. The molecule has 2 rings (SSSR count). The smallest absolute Gasteiger partial charge is 0.221 e. The van der Waals surface area contributed by atoms with Crippen LogP contribution in [0.3, 0.4) is 0 Å². The Morgan fingerprint density at radius 3 is 3.00 bits per heavy atom. The second kappa shape index (κ2) is 8.82. The molecule has 1 aliphatic rings. The summed E-state index contributed by atoms with van der Waals surface area (Å²) in [5.74, 6) is 0.741. The molecule has 5 heteroatoms. The zero-order valence-corrected chi connectivity index (χ0v) is 12.7. The van der Waals surface area contributed by atoms with Gasteiger partial charge in [-0.15, -0.1) is 12.4 Å². The predicted octanol–water partition coefficient (Wildman–Crippen LogP) is 2.98. The van der Waals surface area contributed by atoms with Crippen molar-refractivity contribution in [1.82, 2.24) is 5.32 Å². The summed E-state index contributed by atoms with van der Waals surface area (Å²) < 4.78 is 5.74. The third-order valence-corrected chi connectivity index (χ3v) is 3.30. The molecule has 1 amide bonds. The van der Waals surface area contributed by atoms with E-state index in [4.69, 9.17) is 4.74 Å². The van der Waals surface area contributed by atoms with Gasteiger partial charge in [0.25, 0.3) is 0 Å². The highest BCUT2D eigenvalue weighted by molar-refractivity contribution is 5.88. The molecule has 1 heterocycles. The SMILES string of the molecule is CC(=O)Nc1cccc(OCCC2CCCCN2)c1.Cl. The van der Waals surface area contributed by atoms with E-state index in [0.717, 1.165) is 24.4 Å². The van der Waals surface area contributed by atoms with E-state index in [-0.39, 0.29) is 18.3 Å². The number of carbonyl (C=O) groups excluding carboxylic acids is 1. The Balaban J connectivity index is 0.00000200. The molecule has 0 radical (unpaired) electrons. The average molecular weight is 299 g/mol. The quantitative estimate of drug-likeness (QED) is 0.878. The molecule has 0 aliphatic carbocycles. The topological polar surface area (TPSA) is 50.4 Å². The molecular weight excluding hydrogens is 276 g/mol. The fraction of sp³-hybridized carbons (Fsp3) is 0.533. The second-order valence-corrected chi connectivity index (χ2v) is 4.99. The zero-order valence-electron chi connectivity index (χ0n) is 11.9. The molecule has 1 atom stereocenters. The summed E-state index contributed by atoms with van der Waals surface area (Å²) in [7, 11) is 0. The number of rotatable bonds is 5. The highest BCUT2D eigenvalue weighted by atomic mass is 35.5. The molecule has 1 aliphatic heterocycles. The largest absolute Gasteiger partial charge is 0.493 e. The first-order valence-electron chi connectivity index (χ1n) is 6.98. The minimum Gasteiger partial charge on any atom is -0.493 e. The predicted molar refractivity (Wildman–Crippen MR) is 83.7 cm³/mol. The lowest BCUT2D eigenvalue weighted by atomic mass is 10.0. The lowest BCUT2D eigenvalue weighted by molar-refractivity contribution is -0.114. The van der Waals surface area contributed by atoms with Gasteiger partial charge in [0.05, 0.1) is 6.61 Å². The monoisotopic (exact) mass is 298 g/mol. The van der Waals surface area contributed by atoms with E-state index in [2.05, 4.69) is 10.6 Å². The van der Waals surface area contributed by atoms with Gasteiger partial charge in [-0.3, -0.25) is 4.79 Å². The minimum atomic E-state index is -0.0662. The van der Waals surface area contributed by atoms with Crippen LogP contribution < -0.4 is 15.4 Å². The van der Waals surface area contributed by atoms with E-state index in [1.165, 1.54) is 26.2 Å². The fourth-order valence-electron chi connectivity index (χ4n) is 2.36. The number of ether oxygens (including phenoxy) is 1. The number of hydrogen-bond donors (Lipinski definition) is 2. The minimum absolute atomic E-state index is 0. The van der Waals surface area contributed by atoms with E-state index in [1.54, 1.807) is 0 Å². The Labute approximate surface area is 126 Å². The molecule has 0 aromatic heterocycles. The Bertz CT molecular complexity index is 420. The van der Waals surface area contributed by atoms with Gasteiger partial charge in [0.2, 0.25) is 5.91 Å². The van der Waals surface area contributed by atoms with Crippen LogP contribution in [0.25, 0.3) is 0 Å². The van der Waals surface area contributed by atoms with Crippen molar-refractivity contribution in [3.8, 4) is 5.75 Å². The van der Waals surface area contributed by atoms with Crippen LogP contribution in [0.1, 0.15) is 32.6 Å². The van der Waals surface area contributed by atoms with Crippen molar-refractivity contribution in [3.63, 3.8) is 0 Å². The maximum absolute atomic E-state index is 11.0. The number of amides is 1. The van der Waals surface area contributed by atoms with Crippen LogP contribution in [-0.4, -0.2) is 25.1 Å². The number of piperidine rings is 1. The number of halogens is 1. The van der Waals surface area contributed by atoms with E-state index >= 15 is 0 Å². The first-order valence-corrected chi connectivity index (χ1v) is 6.98. The molecule has 1 aromatic carbocycles. The summed E-state index contributed by atoms with van der Waals surface area (Å²) in [6.07, 6.45) is 4.88. The Hall–Kier alpha value is -1.26. The van der Waals surface area contributed by atoms with Gasteiger partial charge in [0, 0.05) is 24.7 Å². The number of carbonyl (C=O) groups is 1. The maximum Gasteiger partial charge on any atom is 0.221 e. The molecule has 0 spiro atoms. The molecule has 1 aromatic rings. The molecule has 2 N–H and O–H groups in total. The summed E-state index contributed by atoms with van der Waals surface area (Å²) >= 11 is 0. The fourth-order valence-corrected chi connectivity index (χ4v) is 2.36. The standard InChI is InChI=1S/C15H22N2O2.ClH/c1-12(18)17-14-6-4-7-15(11-14)19-10-8-13-5-2-3-9-16-13;/h4,6-7,11,13,16H,2-3,5,8-10H2,1H3,(H,17,18);1H. The van der Waals surface area contributed by atoms with Gasteiger partial charge in [0.15, 0.2) is 0 Å². The molecule has 1 saturated heterocycles. The Morgan fingerprint density at radius 1 is 1.45 bits per heavy atom. The Morgan fingerprint density at radius 2 is 2.30 bits per heavy atom. The Kier molecular flexibility index (Phi) is 7.41. The highest BCUT2D eigenvalue weighted by Crippen LogP contribution is 2.18.